The molecule has 0 radical (unpaired) electrons. The average molecular weight is 331 g/mol. The first kappa shape index (κ1) is 15.1. The van der Waals surface area contributed by atoms with Gasteiger partial charge in [0.05, 0.1) is 36.0 Å². The van der Waals surface area contributed by atoms with Crippen LogP contribution in [0.1, 0.15) is 29.2 Å². The fraction of sp³-hybridized carbons (Fsp3) is 0.412. The highest BCUT2D eigenvalue weighted by atomic mass is 19.1. The summed E-state index contributed by atoms with van der Waals surface area (Å²) in [5.41, 5.74) is -0.140. The van der Waals surface area contributed by atoms with Gasteiger partial charge in [-0.2, -0.15) is 0 Å². The van der Waals surface area contributed by atoms with Crippen LogP contribution in [0.5, 0.6) is 0 Å². The largest absolute Gasteiger partial charge is 0.545 e. The summed E-state index contributed by atoms with van der Waals surface area (Å²) in [6.45, 7) is 2.20. The lowest BCUT2D eigenvalue weighted by atomic mass is 10.1. The highest BCUT2D eigenvalue weighted by Crippen LogP contribution is 2.38. The Kier molecular flexibility index (Phi) is 3.53. The maximum atomic E-state index is 14.6. The van der Waals surface area contributed by atoms with Crippen LogP contribution in [0.4, 0.5) is 10.1 Å². The third kappa shape index (κ3) is 2.45. The van der Waals surface area contributed by atoms with E-state index in [0.717, 1.165) is 18.9 Å². The highest BCUT2D eigenvalue weighted by Gasteiger charge is 2.27. The van der Waals surface area contributed by atoms with Gasteiger partial charge in [-0.1, -0.05) is 0 Å². The number of carboxylic acid groups (broad SMARTS) is 1. The van der Waals surface area contributed by atoms with Crippen LogP contribution in [0, 0.1) is 5.82 Å². The maximum Gasteiger partial charge on any atom is 0.198 e. The number of nitrogens with zero attached hydrogens (tertiary/aromatic N) is 2. The molecule has 6 nitrogen and oxygen atoms in total. The van der Waals surface area contributed by atoms with Gasteiger partial charge in [-0.15, -0.1) is 0 Å². The molecule has 1 aliphatic carbocycles. The zero-order chi connectivity index (χ0) is 16.8. The van der Waals surface area contributed by atoms with Gasteiger partial charge in [0.15, 0.2) is 5.43 Å². The Balaban J connectivity index is 1.95. The Hall–Kier alpha value is -2.41. The zero-order valence-electron chi connectivity index (χ0n) is 13.0. The lowest BCUT2D eigenvalue weighted by Crippen LogP contribution is -2.37. The van der Waals surface area contributed by atoms with E-state index in [9.17, 15) is 19.1 Å². The first-order chi connectivity index (χ1) is 11.6. The number of hydrogen-bond acceptors (Lipinski definition) is 5. The molecule has 1 saturated carbocycles. The zero-order valence-corrected chi connectivity index (χ0v) is 13.0. The molecule has 2 aromatic rings. The van der Waals surface area contributed by atoms with Crippen LogP contribution < -0.4 is 15.4 Å². The van der Waals surface area contributed by atoms with E-state index >= 15 is 0 Å². The van der Waals surface area contributed by atoms with Crippen LogP contribution >= 0.6 is 0 Å². The molecule has 0 N–H and O–H groups in total. The van der Waals surface area contributed by atoms with E-state index in [1.165, 1.54) is 6.20 Å². The molecule has 4 rings (SSSR count). The van der Waals surface area contributed by atoms with Crippen LogP contribution in [0.3, 0.4) is 0 Å². The molecule has 0 bridgehead atoms. The first-order valence-corrected chi connectivity index (χ1v) is 7.98. The monoisotopic (exact) mass is 331 g/mol. The lowest BCUT2D eigenvalue weighted by molar-refractivity contribution is -0.255. The second kappa shape index (κ2) is 5.59. The molecule has 2 aliphatic rings. The van der Waals surface area contributed by atoms with Gasteiger partial charge < -0.3 is 24.1 Å². The molecule has 2 heterocycles. The van der Waals surface area contributed by atoms with Crippen LogP contribution in [0.25, 0.3) is 10.9 Å². The van der Waals surface area contributed by atoms with Crippen molar-refractivity contribution in [3.05, 3.63) is 39.9 Å². The van der Waals surface area contributed by atoms with Crippen molar-refractivity contribution in [3.63, 3.8) is 0 Å². The molecule has 24 heavy (non-hydrogen) atoms. The summed E-state index contributed by atoms with van der Waals surface area (Å²) < 4.78 is 21.6. The van der Waals surface area contributed by atoms with E-state index in [2.05, 4.69) is 0 Å². The number of benzene rings is 1. The third-order valence-corrected chi connectivity index (χ3v) is 4.61. The molecule has 0 unspecified atom stereocenters. The predicted octanol–water partition coefficient (Wildman–Crippen LogP) is 0.676. The molecule has 0 spiro atoms. The summed E-state index contributed by atoms with van der Waals surface area (Å²) in [5, 5.41) is 11.3. The van der Waals surface area contributed by atoms with Crippen molar-refractivity contribution >= 4 is 22.6 Å². The van der Waals surface area contributed by atoms with Crippen molar-refractivity contribution in [1.29, 1.82) is 0 Å². The number of aromatic nitrogens is 1. The van der Waals surface area contributed by atoms with Gasteiger partial charge in [-0.05, 0) is 25.0 Å². The van der Waals surface area contributed by atoms with Gasteiger partial charge in [0.2, 0.25) is 0 Å². The molecular weight excluding hydrogens is 315 g/mol. The molecule has 0 atom stereocenters. The SMILES string of the molecule is O=C([O-])c1cn(C2CC2)c2cc(N3CCOCC3)c(F)cc2c1=O. The standard InChI is InChI=1S/C17H17FN2O4/c18-13-7-11-14(8-15(13)19-3-5-24-6-4-19)20(10-1-2-10)9-12(16(11)21)17(22)23/h7-10H,1-6H2,(H,22,23)/p-1. The Morgan fingerprint density at radius 3 is 2.58 bits per heavy atom. The normalized spacial score (nSPS) is 18.1. The number of fused-ring (bicyclic) bond motifs is 1. The van der Waals surface area contributed by atoms with Crippen molar-refractivity contribution in [1.82, 2.24) is 4.57 Å². The minimum Gasteiger partial charge on any atom is -0.545 e. The third-order valence-electron chi connectivity index (χ3n) is 4.61. The number of aromatic carboxylic acids is 1. The van der Waals surface area contributed by atoms with E-state index in [1.807, 2.05) is 4.90 Å². The Labute approximate surface area is 137 Å². The van der Waals surface area contributed by atoms with Gasteiger partial charge in [0, 0.05) is 30.7 Å². The van der Waals surface area contributed by atoms with Gasteiger partial charge in [0.1, 0.15) is 5.82 Å². The van der Waals surface area contributed by atoms with Crippen LogP contribution in [0.2, 0.25) is 0 Å². The van der Waals surface area contributed by atoms with Crippen molar-refractivity contribution in [2.45, 2.75) is 18.9 Å². The van der Waals surface area contributed by atoms with E-state index < -0.39 is 22.8 Å². The first-order valence-electron chi connectivity index (χ1n) is 7.98. The highest BCUT2D eigenvalue weighted by molar-refractivity contribution is 5.92. The summed E-state index contributed by atoms with van der Waals surface area (Å²) in [7, 11) is 0. The van der Waals surface area contributed by atoms with Gasteiger partial charge in [-0.25, -0.2) is 4.39 Å². The van der Waals surface area contributed by atoms with E-state index in [1.54, 1.807) is 10.6 Å². The second-order valence-corrected chi connectivity index (χ2v) is 6.22. The number of halogens is 1. The number of carbonyl (C=O) groups excluding carboxylic acids is 1. The van der Waals surface area contributed by atoms with Gasteiger partial charge >= 0.3 is 0 Å². The molecule has 126 valence electrons. The quantitative estimate of drug-likeness (QED) is 0.827. The number of carbonyl (C=O) groups is 1. The van der Waals surface area contributed by atoms with Crippen molar-refractivity contribution in [2.75, 3.05) is 31.2 Å². The van der Waals surface area contributed by atoms with Crippen molar-refractivity contribution in [3.8, 4) is 0 Å². The van der Waals surface area contributed by atoms with Crippen molar-refractivity contribution < 1.29 is 19.0 Å². The number of carboxylic acids is 1. The van der Waals surface area contributed by atoms with Crippen LogP contribution in [-0.4, -0.2) is 36.8 Å². The summed E-state index contributed by atoms with van der Waals surface area (Å²) in [6.07, 6.45) is 3.15. The minimum absolute atomic E-state index is 0.0816. The molecular formula is C17H16FN2O4-. The van der Waals surface area contributed by atoms with Gasteiger partial charge in [0.25, 0.3) is 0 Å². The lowest BCUT2D eigenvalue weighted by Gasteiger charge is -2.29. The van der Waals surface area contributed by atoms with Crippen LogP contribution in [0.15, 0.2) is 23.1 Å². The van der Waals surface area contributed by atoms with Gasteiger partial charge in [-0.3, -0.25) is 4.79 Å². The smallest absolute Gasteiger partial charge is 0.198 e. The van der Waals surface area contributed by atoms with E-state index in [-0.39, 0.29) is 11.4 Å². The minimum atomic E-state index is -1.53. The predicted molar refractivity (Wildman–Crippen MR) is 83.8 cm³/mol. The fourth-order valence-corrected chi connectivity index (χ4v) is 3.21. The Morgan fingerprint density at radius 1 is 1.25 bits per heavy atom. The molecule has 1 aromatic heterocycles. The molecule has 1 saturated heterocycles. The molecule has 0 amide bonds. The molecule has 7 heteroatoms. The Morgan fingerprint density at radius 2 is 1.96 bits per heavy atom. The van der Waals surface area contributed by atoms with E-state index in [0.29, 0.717) is 37.5 Å². The molecule has 1 aromatic carbocycles. The number of ether oxygens (including phenoxy) is 1. The van der Waals surface area contributed by atoms with E-state index in [4.69, 9.17) is 4.74 Å². The van der Waals surface area contributed by atoms with Crippen LogP contribution in [-0.2, 0) is 4.74 Å². The number of anilines is 1. The topological polar surface area (TPSA) is 74.6 Å². The fourth-order valence-electron chi connectivity index (χ4n) is 3.21. The van der Waals surface area contributed by atoms with Crippen molar-refractivity contribution in [2.24, 2.45) is 0 Å². The Bertz CT molecular complexity index is 882. The summed E-state index contributed by atoms with van der Waals surface area (Å²) in [6, 6.07) is 2.94. The summed E-state index contributed by atoms with van der Waals surface area (Å²) in [5.74, 6) is -2.06. The number of morpholine rings is 1. The number of hydrogen-bond donors (Lipinski definition) is 0. The summed E-state index contributed by atoms with van der Waals surface area (Å²) in [4.78, 5) is 25.5. The summed E-state index contributed by atoms with van der Waals surface area (Å²) >= 11 is 0. The maximum absolute atomic E-state index is 14.6. The molecule has 1 aliphatic heterocycles. The second-order valence-electron chi connectivity index (χ2n) is 6.22. The number of rotatable bonds is 3. The molecule has 2 fully saturated rings. The number of pyridine rings is 1. The average Bonchev–Trinajstić information content (AvgIpc) is 3.40.